The van der Waals surface area contributed by atoms with Crippen molar-refractivity contribution in [2.45, 2.75) is 131 Å². The number of rotatable bonds is 7. The van der Waals surface area contributed by atoms with Crippen LogP contribution in [0, 0.1) is 0 Å². The zero-order chi connectivity index (χ0) is 22.2. The van der Waals surface area contributed by atoms with Crippen molar-refractivity contribution in [1.29, 1.82) is 0 Å². The topological polar surface area (TPSA) is 59.9 Å². The molecule has 0 saturated heterocycles. The van der Waals surface area contributed by atoms with Crippen LogP contribution in [0.15, 0.2) is 11.2 Å². The van der Waals surface area contributed by atoms with Gasteiger partial charge in [-0.05, 0) is 63.7 Å². The van der Waals surface area contributed by atoms with Gasteiger partial charge < -0.3 is 9.13 Å². The molecule has 0 atom stereocenters. The Bertz CT molecular complexity index is 791. The van der Waals surface area contributed by atoms with Crippen LogP contribution in [0.5, 0.6) is 0 Å². The molecule has 5 rings (SSSR count). The number of thioether (sulfide) groups is 1. The van der Waals surface area contributed by atoms with Gasteiger partial charge in [-0.15, -0.1) is 0 Å². The summed E-state index contributed by atoms with van der Waals surface area (Å²) in [6, 6.07) is 2.05. The summed E-state index contributed by atoms with van der Waals surface area (Å²) in [5, 5.41) is 0.699. The first-order chi connectivity index (χ1) is 15.6. The van der Waals surface area contributed by atoms with Crippen LogP contribution in [0.4, 0.5) is 0 Å². The summed E-state index contributed by atoms with van der Waals surface area (Å²) in [5.41, 5.74) is 2.73. The molecule has 0 spiro atoms. The molecule has 4 aliphatic carbocycles. The van der Waals surface area contributed by atoms with Crippen LogP contribution in [0.3, 0.4) is 0 Å². The van der Waals surface area contributed by atoms with Crippen LogP contribution in [0.2, 0.25) is 0 Å². The molecule has 4 aliphatic rings. The van der Waals surface area contributed by atoms with E-state index >= 15 is 9.13 Å². The van der Waals surface area contributed by atoms with E-state index in [0.29, 0.717) is 5.16 Å². The largest absolute Gasteiger partial charge is 0.316 e. The summed E-state index contributed by atoms with van der Waals surface area (Å²) in [6.07, 6.45) is 20.1. The molecule has 1 heterocycles. The lowest BCUT2D eigenvalue weighted by atomic mass is 10.4. The van der Waals surface area contributed by atoms with Gasteiger partial charge in [0.05, 0.1) is 0 Å². The molecule has 0 N–H and O–H groups in total. The molecule has 0 bridgehead atoms. The van der Waals surface area contributed by atoms with Gasteiger partial charge in [-0.3, -0.25) is 0 Å². The van der Waals surface area contributed by atoms with Gasteiger partial charge in [-0.25, -0.2) is 9.97 Å². The molecule has 1 aromatic rings. The molecule has 4 fully saturated rings. The van der Waals surface area contributed by atoms with Crippen molar-refractivity contribution in [2.24, 2.45) is 0 Å². The molecule has 4 nitrogen and oxygen atoms in total. The summed E-state index contributed by atoms with van der Waals surface area (Å²) in [7, 11) is -5.30. The van der Waals surface area contributed by atoms with Crippen LogP contribution in [0.1, 0.15) is 103 Å². The molecule has 7 heteroatoms. The second-order valence-corrected chi connectivity index (χ2v) is 18.2. The van der Waals surface area contributed by atoms with E-state index in [9.17, 15) is 0 Å². The number of hydrogen-bond acceptors (Lipinski definition) is 5. The van der Waals surface area contributed by atoms with Crippen molar-refractivity contribution < 1.29 is 9.13 Å². The Morgan fingerprint density at radius 3 is 1.16 bits per heavy atom. The van der Waals surface area contributed by atoms with Crippen LogP contribution >= 0.6 is 26.0 Å². The van der Waals surface area contributed by atoms with Gasteiger partial charge in [0.15, 0.2) is 5.16 Å². The average Bonchev–Trinajstić information content (AvgIpc) is 3.64. The molecule has 0 amide bonds. The van der Waals surface area contributed by atoms with Gasteiger partial charge in [-0.1, -0.05) is 63.1 Å². The van der Waals surface area contributed by atoms with E-state index in [1.807, 2.05) is 6.26 Å². The third-order valence-corrected chi connectivity index (χ3v) is 17.9. The van der Waals surface area contributed by atoms with E-state index in [1.54, 1.807) is 0 Å². The number of aromatic nitrogens is 2. The molecule has 0 radical (unpaired) electrons. The minimum absolute atomic E-state index is 0.278. The van der Waals surface area contributed by atoms with Gasteiger partial charge in [-0.2, -0.15) is 0 Å². The van der Waals surface area contributed by atoms with Gasteiger partial charge >= 0.3 is 0 Å². The third kappa shape index (κ3) is 4.11. The van der Waals surface area contributed by atoms with Crippen molar-refractivity contribution in [3.63, 3.8) is 0 Å². The molecule has 0 unspecified atom stereocenters. The smallest absolute Gasteiger partial charge is 0.188 e. The summed E-state index contributed by atoms with van der Waals surface area (Å²) in [4.78, 5) is 9.90. The predicted molar refractivity (Wildman–Crippen MR) is 137 cm³/mol. The highest BCUT2D eigenvalue weighted by atomic mass is 32.2. The number of nitrogens with zero attached hydrogens (tertiary/aromatic N) is 2. The fraction of sp³-hybridized carbons (Fsp3) is 0.840. The zero-order valence-electron chi connectivity index (χ0n) is 19.7. The lowest BCUT2D eigenvalue weighted by molar-refractivity contribution is 0.556. The average molecular weight is 495 g/mol. The Morgan fingerprint density at radius 2 is 0.906 bits per heavy atom. The van der Waals surface area contributed by atoms with E-state index in [-0.39, 0.29) is 22.6 Å². The Labute approximate surface area is 198 Å². The molecule has 0 aromatic carbocycles. The van der Waals surface area contributed by atoms with Gasteiger partial charge in [0, 0.05) is 22.6 Å². The maximum Gasteiger partial charge on any atom is 0.188 e. The van der Waals surface area contributed by atoms with Gasteiger partial charge in [0.1, 0.15) is 25.2 Å². The fourth-order valence-electron chi connectivity index (χ4n) is 7.35. The lowest BCUT2D eigenvalue weighted by Gasteiger charge is -2.33. The second-order valence-electron chi connectivity index (χ2n) is 10.7. The molecule has 1 aromatic heterocycles. The summed E-state index contributed by atoms with van der Waals surface area (Å²) in [6.45, 7) is 0. The van der Waals surface area contributed by atoms with E-state index in [4.69, 9.17) is 9.97 Å². The minimum Gasteiger partial charge on any atom is -0.316 e. The SMILES string of the molecule is CSc1nc(P(=O)(C2CCCC2)C2CCCC2)cc(P(=O)(C2CCCC2)C2CCCC2)n1. The first kappa shape index (κ1) is 23.6. The Hall–Kier alpha value is -0.110. The van der Waals surface area contributed by atoms with Crippen molar-refractivity contribution in [3.05, 3.63) is 6.07 Å². The summed E-state index contributed by atoms with van der Waals surface area (Å²) >= 11 is 1.54. The lowest BCUT2D eigenvalue weighted by Crippen LogP contribution is -2.33. The normalized spacial score (nSPS) is 24.8. The van der Waals surface area contributed by atoms with Gasteiger partial charge in [0.25, 0.3) is 0 Å². The number of hydrogen-bond donors (Lipinski definition) is 0. The molecule has 0 aliphatic heterocycles. The monoisotopic (exact) mass is 494 g/mol. The van der Waals surface area contributed by atoms with E-state index in [0.717, 1.165) is 62.2 Å². The molecular weight excluding hydrogens is 454 g/mol. The first-order valence-corrected chi connectivity index (χ1v) is 18.1. The van der Waals surface area contributed by atoms with Crippen molar-refractivity contribution in [3.8, 4) is 0 Å². The Kier molecular flexibility index (Phi) is 7.28. The highest BCUT2D eigenvalue weighted by Crippen LogP contribution is 2.65. The summed E-state index contributed by atoms with van der Waals surface area (Å²) < 4.78 is 30.0. The predicted octanol–water partition coefficient (Wildman–Crippen LogP) is 6.95. The standard InChI is InChI=1S/C25H40N2O2P2S/c1-32-25-26-23(30(28,19-10-2-3-11-19)20-12-4-5-13-20)18-24(27-25)31(29,21-14-6-7-15-21)22-16-8-9-17-22/h18-22H,2-17H2,1H3. The second kappa shape index (κ2) is 9.87. The van der Waals surface area contributed by atoms with Crippen molar-refractivity contribution in [2.75, 3.05) is 6.26 Å². The van der Waals surface area contributed by atoms with Crippen LogP contribution in [-0.2, 0) is 9.13 Å². The minimum atomic E-state index is -2.65. The van der Waals surface area contributed by atoms with Crippen LogP contribution in [0.25, 0.3) is 0 Å². The van der Waals surface area contributed by atoms with E-state index in [2.05, 4.69) is 6.07 Å². The van der Waals surface area contributed by atoms with Crippen LogP contribution < -0.4 is 10.9 Å². The van der Waals surface area contributed by atoms with Crippen LogP contribution in [-0.4, -0.2) is 38.9 Å². The molecule has 178 valence electrons. The Morgan fingerprint density at radius 1 is 0.625 bits per heavy atom. The third-order valence-electron chi connectivity index (χ3n) is 9.05. The fourth-order valence-corrected chi connectivity index (χ4v) is 16.3. The first-order valence-electron chi connectivity index (χ1n) is 13.2. The van der Waals surface area contributed by atoms with Crippen molar-refractivity contribution >= 4 is 36.9 Å². The maximum absolute atomic E-state index is 15.0. The van der Waals surface area contributed by atoms with Gasteiger partial charge in [0.2, 0.25) is 0 Å². The zero-order valence-corrected chi connectivity index (χ0v) is 22.3. The molecular formula is C25H40N2O2P2S. The highest BCUT2D eigenvalue weighted by Gasteiger charge is 2.48. The highest BCUT2D eigenvalue weighted by molar-refractivity contribution is 7.98. The Balaban J connectivity index is 1.64. The maximum atomic E-state index is 15.0. The van der Waals surface area contributed by atoms with Crippen molar-refractivity contribution in [1.82, 2.24) is 9.97 Å². The van der Waals surface area contributed by atoms with E-state index in [1.165, 1.54) is 63.1 Å². The quantitative estimate of drug-likeness (QED) is 0.233. The summed E-state index contributed by atoms with van der Waals surface area (Å²) in [5.74, 6) is 0. The molecule has 32 heavy (non-hydrogen) atoms. The van der Waals surface area contributed by atoms with E-state index < -0.39 is 14.3 Å². The molecule has 4 saturated carbocycles.